The predicted molar refractivity (Wildman–Crippen MR) is 87.6 cm³/mol. The summed E-state index contributed by atoms with van der Waals surface area (Å²) in [6.07, 6.45) is 2.45. The van der Waals surface area contributed by atoms with Gasteiger partial charge in [-0.25, -0.2) is 0 Å². The van der Waals surface area contributed by atoms with Gasteiger partial charge in [0.1, 0.15) is 5.75 Å². The Morgan fingerprint density at radius 3 is 2.80 bits per heavy atom. The van der Waals surface area contributed by atoms with Gasteiger partial charge in [0.2, 0.25) is 0 Å². The molecular formula is C14H21Cl3N2O. The number of likely N-dealkylation sites (N-methyl/N-ethyl adjacent to an activating group) is 1. The Morgan fingerprint density at radius 1 is 1.40 bits per heavy atom. The van der Waals surface area contributed by atoms with Gasteiger partial charge >= 0.3 is 0 Å². The number of hydrogen-bond acceptors (Lipinski definition) is 3. The monoisotopic (exact) mass is 338 g/mol. The highest BCUT2D eigenvalue weighted by Crippen LogP contribution is 2.33. The lowest BCUT2D eigenvalue weighted by atomic mass is 10.0. The van der Waals surface area contributed by atoms with Gasteiger partial charge in [0, 0.05) is 29.7 Å². The average molecular weight is 340 g/mol. The van der Waals surface area contributed by atoms with Gasteiger partial charge in [-0.05, 0) is 38.6 Å². The summed E-state index contributed by atoms with van der Waals surface area (Å²) in [5, 5.41) is 4.58. The summed E-state index contributed by atoms with van der Waals surface area (Å²) in [4.78, 5) is 2.41. The highest BCUT2D eigenvalue weighted by Gasteiger charge is 2.20. The first kappa shape index (κ1) is 17.9. The van der Waals surface area contributed by atoms with E-state index in [4.69, 9.17) is 27.9 Å². The number of nitrogens with one attached hydrogen (secondary N) is 1. The Balaban J connectivity index is 0.00000200. The number of methoxy groups -OCH3 is 1. The molecule has 1 heterocycles. The number of halogens is 3. The molecule has 6 heteroatoms. The molecule has 3 nitrogen and oxygen atoms in total. The van der Waals surface area contributed by atoms with Crippen molar-refractivity contribution in [2.75, 3.05) is 27.2 Å². The molecule has 1 unspecified atom stereocenters. The topological polar surface area (TPSA) is 24.5 Å². The van der Waals surface area contributed by atoms with E-state index in [0.717, 1.165) is 30.9 Å². The van der Waals surface area contributed by atoms with Crippen LogP contribution in [0.5, 0.6) is 5.75 Å². The van der Waals surface area contributed by atoms with Crippen LogP contribution in [-0.2, 0) is 6.54 Å². The third kappa shape index (κ3) is 4.40. The van der Waals surface area contributed by atoms with Gasteiger partial charge in [-0.1, -0.05) is 23.2 Å². The highest BCUT2D eigenvalue weighted by molar-refractivity contribution is 6.35. The molecule has 1 aromatic rings. The molecule has 0 aromatic heterocycles. The molecule has 1 atom stereocenters. The van der Waals surface area contributed by atoms with Gasteiger partial charge in [-0.3, -0.25) is 4.90 Å². The Labute approximate surface area is 137 Å². The van der Waals surface area contributed by atoms with Crippen molar-refractivity contribution in [3.63, 3.8) is 0 Å². The van der Waals surface area contributed by atoms with E-state index in [1.807, 2.05) is 13.1 Å². The number of rotatable bonds is 4. The van der Waals surface area contributed by atoms with Crippen LogP contribution in [0.3, 0.4) is 0 Å². The molecule has 1 aliphatic heterocycles. The Kier molecular flexibility index (Phi) is 7.41. The molecule has 1 aromatic carbocycles. The van der Waals surface area contributed by atoms with Crippen molar-refractivity contribution in [3.05, 3.63) is 27.7 Å². The number of likely N-dealkylation sites (tertiary alicyclic amines) is 1. The Morgan fingerprint density at radius 2 is 2.15 bits per heavy atom. The number of hydrogen-bond donors (Lipinski definition) is 1. The molecule has 0 aliphatic carbocycles. The number of ether oxygens (including phenoxy) is 1. The smallest absolute Gasteiger partial charge is 0.142 e. The maximum absolute atomic E-state index is 6.17. The molecule has 0 amide bonds. The van der Waals surface area contributed by atoms with E-state index in [9.17, 15) is 0 Å². The van der Waals surface area contributed by atoms with Crippen LogP contribution in [0.25, 0.3) is 0 Å². The lowest BCUT2D eigenvalue weighted by Crippen LogP contribution is -2.43. The summed E-state index contributed by atoms with van der Waals surface area (Å²) >= 11 is 12.2. The molecule has 0 saturated carbocycles. The zero-order valence-corrected chi connectivity index (χ0v) is 14.1. The standard InChI is InChI=1S/C14H20Cl2N2O.ClH/c1-17-12-4-3-5-18(9-12)8-10-6-11(15)7-13(16)14(10)19-2;/h6-7,12,17H,3-5,8-9H2,1-2H3;1H. The second kappa shape index (κ2) is 8.30. The van der Waals surface area contributed by atoms with Crippen molar-refractivity contribution >= 4 is 35.6 Å². The second-order valence-corrected chi connectivity index (χ2v) is 5.79. The normalized spacial score (nSPS) is 19.5. The summed E-state index contributed by atoms with van der Waals surface area (Å²) in [5.74, 6) is 0.734. The molecule has 2 rings (SSSR count). The molecule has 0 radical (unpaired) electrons. The third-order valence-corrected chi connectivity index (χ3v) is 4.10. The van der Waals surface area contributed by atoms with Crippen LogP contribution >= 0.6 is 35.6 Å². The summed E-state index contributed by atoms with van der Waals surface area (Å²) in [6.45, 7) is 2.97. The van der Waals surface area contributed by atoms with Crippen molar-refractivity contribution in [1.29, 1.82) is 0 Å². The minimum Gasteiger partial charge on any atom is -0.495 e. The molecule has 114 valence electrons. The quantitative estimate of drug-likeness (QED) is 0.907. The molecule has 1 aliphatic rings. The third-order valence-electron chi connectivity index (χ3n) is 3.60. The van der Waals surface area contributed by atoms with E-state index in [1.54, 1.807) is 13.2 Å². The number of piperidine rings is 1. The number of benzene rings is 1. The van der Waals surface area contributed by atoms with Crippen molar-refractivity contribution in [2.45, 2.75) is 25.4 Å². The van der Waals surface area contributed by atoms with Crippen molar-refractivity contribution in [1.82, 2.24) is 10.2 Å². The number of nitrogens with zero attached hydrogens (tertiary/aromatic N) is 1. The van der Waals surface area contributed by atoms with Crippen LogP contribution in [0, 0.1) is 0 Å². The minimum atomic E-state index is 0. The van der Waals surface area contributed by atoms with E-state index in [-0.39, 0.29) is 12.4 Å². The Hall–Kier alpha value is -0.190. The molecule has 0 spiro atoms. The maximum Gasteiger partial charge on any atom is 0.142 e. The van der Waals surface area contributed by atoms with Crippen LogP contribution in [0.2, 0.25) is 10.0 Å². The van der Waals surface area contributed by atoms with Crippen LogP contribution in [0.15, 0.2) is 12.1 Å². The van der Waals surface area contributed by atoms with Crippen LogP contribution in [0.1, 0.15) is 18.4 Å². The van der Waals surface area contributed by atoms with Crippen LogP contribution in [0.4, 0.5) is 0 Å². The van der Waals surface area contributed by atoms with E-state index in [2.05, 4.69) is 10.2 Å². The van der Waals surface area contributed by atoms with Crippen LogP contribution < -0.4 is 10.1 Å². The predicted octanol–water partition coefficient (Wildman–Crippen LogP) is 3.61. The Bertz CT molecular complexity index is 443. The largest absolute Gasteiger partial charge is 0.495 e. The molecule has 1 N–H and O–H groups in total. The average Bonchev–Trinajstić information content (AvgIpc) is 2.38. The summed E-state index contributed by atoms with van der Waals surface area (Å²) in [5.41, 5.74) is 1.05. The van der Waals surface area contributed by atoms with E-state index < -0.39 is 0 Å². The first-order valence-corrected chi connectivity index (χ1v) is 7.31. The first-order valence-electron chi connectivity index (χ1n) is 6.55. The van der Waals surface area contributed by atoms with Crippen molar-refractivity contribution in [2.24, 2.45) is 0 Å². The fourth-order valence-electron chi connectivity index (χ4n) is 2.64. The van der Waals surface area contributed by atoms with E-state index >= 15 is 0 Å². The van der Waals surface area contributed by atoms with Gasteiger partial charge in [0.05, 0.1) is 12.1 Å². The molecule has 1 saturated heterocycles. The molecule has 1 fully saturated rings. The van der Waals surface area contributed by atoms with Crippen LogP contribution in [-0.4, -0.2) is 38.2 Å². The van der Waals surface area contributed by atoms with E-state index in [1.165, 1.54) is 12.8 Å². The zero-order valence-electron chi connectivity index (χ0n) is 11.8. The molecule has 0 bridgehead atoms. The van der Waals surface area contributed by atoms with Gasteiger partial charge < -0.3 is 10.1 Å². The van der Waals surface area contributed by atoms with Gasteiger partial charge in [0.15, 0.2) is 0 Å². The summed E-state index contributed by atoms with van der Waals surface area (Å²) in [7, 11) is 3.66. The SMILES string of the molecule is CNC1CCCN(Cc2cc(Cl)cc(Cl)c2OC)C1.Cl. The van der Waals surface area contributed by atoms with Crippen molar-refractivity contribution in [3.8, 4) is 5.75 Å². The van der Waals surface area contributed by atoms with Crippen molar-refractivity contribution < 1.29 is 4.74 Å². The summed E-state index contributed by atoms with van der Waals surface area (Å²) in [6, 6.07) is 4.22. The lowest BCUT2D eigenvalue weighted by molar-refractivity contribution is 0.186. The van der Waals surface area contributed by atoms with E-state index in [0.29, 0.717) is 16.1 Å². The maximum atomic E-state index is 6.17. The first-order chi connectivity index (χ1) is 9.13. The van der Waals surface area contributed by atoms with Gasteiger partial charge in [-0.2, -0.15) is 0 Å². The zero-order chi connectivity index (χ0) is 13.8. The van der Waals surface area contributed by atoms with Gasteiger partial charge in [0.25, 0.3) is 0 Å². The summed E-state index contributed by atoms with van der Waals surface area (Å²) < 4.78 is 5.39. The lowest BCUT2D eigenvalue weighted by Gasteiger charge is -2.32. The molecule has 20 heavy (non-hydrogen) atoms. The molecular weight excluding hydrogens is 319 g/mol. The second-order valence-electron chi connectivity index (χ2n) is 4.94. The van der Waals surface area contributed by atoms with Gasteiger partial charge in [-0.15, -0.1) is 12.4 Å². The fourth-order valence-corrected chi connectivity index (χ4v) is 3.25. The highest BCUT2D eigenvalue weighted by atomic mass is 35.5. The fraction of sp³-hybridized carbons (Fsp3) is 0.571. The minimum absolute atomic E-state index is 0.